The Balaban J connectivity index is 1.57. The number of aromatic nitrogens is 3. The van der Waals surface area contributed by atoms with E-state index < -0.39 is 12.5 Å². The van der Waals surface area contributed by atoms with Crippen molar-refractivity contribution in [3.05, 3.63) is 29.2 Å². The molecule has 8 heteroatoms. The number of H-pyrrole nitrogens is 1. The topological polar surface area (TPSA) is 96.7 Å². The number of hydrogen-bond acceptors (Lipinski definition) is 4. The Bertz CT molecular complexity index is 857. The van der Waals surface area contributed by atoms with Crippen LogP contribution in [-0.4, -0.2) is 27.1 Å². The summed E-state index contributed by atoms with van der Waals surface area (Å²) in [4.78, 5) is 16.7. The highest BCUT2D eigenvalue weighted by atomic mass is 19.3. The van der Waals surface area contributed by atoms with Gasteiger partial charge < -0.3 is 11.1 Å². The lowest BCUT2D eigenvalue weighted by Gasteiger charge is -2.23. The Hall–Kier alpha value is -2.35. The number of carbonyl (C=O) groups is 1. The van der Waals surface area contributed by atoms with Crippen molar-refractivity contribution >= 4 is 11.7 Å². The molecule has 2 aromatic rings. The van der Waals surface area contributed by atoms with Crippen LogP contribution in [-0.2, 0) is 4.79 Å². The van der Waals surface area contributed by atoms with Gasteiger partial charge in [0, 0.05) is 16.8 Å². The Labute approximate surface area is 162 Å². The van der Waals surface area contributed by atoms with E-state index in [-0.39, 0.29) is 23.3 Å². The molecule has 2 aliphatic carbocycles. The number of nitrogens with two attached hydrogens (primary N) is 1. The second kappa shape index (κ2) is 7.24. The highest BCUT2D eigenvalue weighted by Crippen LogP contribution is 2.50. The van der Waals surface area contributed by atoms with Crippen LogP contribution < -0.4 is 11.1 Å². The van der Waals surface area contributed by atoms with E-state index >= 15 is 0 Å². The number of alkyl halides is 2. The number of nitrogens with one attached hydrogen (secondary N) is 2. The lowest BCUT2D eigenvalue weighted by atomic mass is 9.89. The summed E-state index contributed by atoms with van der Waals surface area (Å²) in [7, 11) is 0. The summed E-state index contributed by atoms with van der Waals surface area (Å²) in [6, 6.07) is 2.47. The first-order valence-electron chi connectivity index (χ1n) is 9.74. The fraction of sp³-hybridized carbons (Fsp3) is 0.550. The van der Waals surface area contributed by atoms with E-state index in [4.69, 9.17) is 5.73 Å². The highest BCUT2D eigenvalue weighted by molar-refractivity contribution is 5.94. The van der Waals surface area contributed by atoms with E-state index in [0.717, 1.165) is 25.7 Å². The molecule has 1 atom stereocenters. The van der Waals surface area contributed by atoms with Crippen molar-refractivity contribution in [2.75, 3.05) is 5.32 Å². The Kier molecular flexibility index (Phi) is 4.91. The molecule has 2 aliphatic rings. The number of hydrogen-bond donors (Lipinski definition) is 3. The van der Waals surface area contributed by atoms with Gasteiger partial charge in [0.1, 0.15) is 11.5 Å². The van der Waals surface area contributed by atoms with Crippen LogP contribution in [0.3, 0.4) is 0 Å². The van der Waals surface area contributed by atoms with E-state index in [2.05, 4.69) is 20.5 Å². The van der Waals surface area contributed by atoms with Gasteiger partial charge in [0.05, 0.1) is 11.7 Å². The Morgan fingerprint density at radius 2 is 1.86 bits per heavy atom. The number of amides is 1. The summed E-state index contributed by atoms with van der Waals surface area (Å²) >= 11 is 0. The molecule has 1 amide bonds. The van der Waals surface area contributed by atoms with Crippen LogP contribution in [0.2, 0.25) is 0 Å². The van der Waals surface area contributed by atoms with Gasteiger partial charge in [-0.1, -0.05) is 0 Å². The van der Waals surface area contributed by atoms with E-state index in [1.165, 1.54) is 0 Å². The standard InChI is InChI=1S/C20H25F2N5O/c1-9-15(10(2)27-26-9)13-7-8-14(24-18(13)19(21)22)25-20(28)17(23)16(11-3-4-11)12-5-6-12/h7-8,11-12,16-17,19H,3-6,23H2,1-2H3,(H,26,27)(H,24,25,28)/t17-/m0/s1. The largest absolute Gasteiger partial charge is 0.320 e. The van der Waals surface area contributed by atoms with Crippen molar-refractivity contribution in [1.82, 2.24) is 15.2 Å². The minimum absolute atomic E-state index is 0.101. The molecule has 2 saturated carbocycles. The molecular weight excluding hydrogens is 364 g/mol. The molecule has 0 bridgehead atoms. The lowest BCUT2D eigenvalue weighted by molar-refractivity contribution is -0.118. The second-order valence-electron chi connectivity index (χ2n) is 8.01. The van der Waals surface area contributed by atoms with Gasteiger partial charge in [0.25, 0.3) is 6.43 Å². The predicted octanol–water partition coefficient (Wildman–Crippen LogP) is 3.73. The molecule has 150 valence electrons. The summed E-state index contributed by atoms with van der Waals surface area (Å²) in [6.45, 7) is 3.52. The maximum absolute atomic E-state index is 13.7. The molecule has 0 unspecified atom stereocenters. The Morgan fingerprint density at radius 3 is 2.36 bits per heavy atom. The normalized spacial score (nSPS) is 18.0. The molecule has 0 aromatic carbocycles. The zero-order valence-corrected chi connectivity index (χ0v) is 16.0. The minimum atomic E-state index is -2.78. The third-order valence-electron chi connectivity index (χ3n) is 5.83. The minimum Gasteiger partial charge on any atom is -0.320 e. The zero-order chi connectivity index (χ0) is 20.0. The number of anilines is 1. The van der Waals surface area contributed by atoms with Gasteiger partial charge in [-0.15, -0.1) is 0 Å². The molecule has 28 heavy (non-hydrogen) atoms. The maximum Gasteiger partial charge on any atom is 0.281 e. The molecule has 2 heterocycles. The molecule has 2 fully saturated rings. The molecule has 0 radical (unpaired) electrons. The molecule has 0 saturated heterocycles. The monoisotopic (exact) mass is 389 g/mol. The first kappa shape index (κ1) is 19.0. The van der Waals surface area contributed by atoms with Gasteiger partial charge in [0.15, 0.2) is 0 Å². The lowest BCUT2D eigenvalue weighted by Crippen LogP contribution is -2.44. The van der Waals surface area contributed by atoms with E-state index in [1.807, 2.05) is 0 Å². The number of aryl methyl sites for hydroxylation is 2. The van der Waals surface area contributed by atoms with Crippen LogP contribution >= 0.6 is 0 Å². The quantitative estimate of drug-likeness (QED) is 0.672. The molecular formula is C20H25F2N5O. The number of aromatic amines is 1. The van der Waals surface area contributed by atoms with Crippen molar-refractivity contribution < 1.29 is 13.6 Å². The molecule has 4 rings (SSSR count). The maximum atomic E-state index is 13.7. The average molecular weight is 389 g/mol. The molecule has 0 spiro atoms. The van der Waals surface area contributed by atoms with E-state index in [0.29, 0.717) is 34.4 Å². The summed E-state index contributed by atoms with van der Waals surface area (Å²) in [5, 5.41) is 9.52. The van der Waals surface area contributed by atoms with Gasteiger partial charge in [-0.05, 0) is 69.4 Å². The first-order valence-corrected chi connectivity index (χ1v) is 9.74. The number of halogens is 2. The van der Waals surface area contributed by atoms with Crippen LogP contribution in [0, 0.1) is 31.6 Å². The van der Waals surface area contributed by atoms with E-state index in [1.54, 1.807) is 26.0 Å². The van der Waals surface area contributed by atoms with Crippen LogP contribution in [0.15, 0.2) is 12.1 Å². The average Bonchev–Trinajstić information content (AvgIpc) is 3.57. The summed E-state index contributed by atoms with van der Waals surface area (Å²) in [5.74, 6) is 0.980. The van der Waals surface area contributed by atoms with Gasteiger partial charge in [0.2, 0.25) is 5.91 Å². The summed E-state index contributed by atoms with van der Waals surface area (Å²) in [5.41, 5.74) is 8.10. The third kappa shape index (κ3) is 3.65. The SMILES string of the molecule is Cc1n[nH]c(C)c1-c1ccc(NC(=O)[C@@H](N)C(C2CC2)C2CC2)nc1C(F)F. The van der Waals surface area contributed by atoms with Crippen LogP contribution in [0.4, 0.5) is 14.6 Å². The van der Waals surface area contributed by atoms with Crippen LogP contribution in [0.25, 0.3) is 11.1 Å². The van der Waals surface area contributed by atoms with Crippen molar-refractivity contribution in [1.29, 1.82) is 0 Å². The molecule has 2 aromatic heterocycles. The van der Waals surface area contributed by atoms with Gasteiger partial charge >= 0.3 is 0 Å². The number of rotatable bonds is 7. The number of pyridine rings is 1. The fourth-order valence-electron chi connectivity index (χ4n) is 4.19. The van der Waals surface area contributed by atoms with Crippen LogP contribution in [0.5, 0.6) is 0 Å². The van der Waals surface area contributed by atoms with Crippen molar-refractivity contribution in [2.24, 2.45) is 23.5 Å². The van der Waals surface area contributed by atoms with Crippen LogP contribution in [0.1, 0.15) is 49.2 Å². The summed E-state index contributed by atoms with van der Waals surface area (Å²) in [6.07, 6.45) is 1.70. The molecule has 4 N–H and O–H groups in total. The fourth-order valence-corrected chi connectivity index (χ4v) is 4.19. The van der Waals surface area contributed by atoms with Gasteiger partial charge in [-0.25, -0.2) is 13.8 Å². The highest BCUT2D eigenvalue weighted by Gasteiger charge is 2.46. The van der Waals surface area contributed by atoms with Gasteiger partial charge in [-0.3, -0.25) is 9.89 Å². The van der Waals surface area contributed by atoms with Crippen molar-refractivity contribution in [3.63, 3.8) is 0 Å². The smallest absolute Gasteiger partial charge is 0.281 e. The van der Waals surface area contributed by atoms with Crippen molar-refractivity contribution in [3.8, 4) is 11.1 Å². The number of carbonyl (C=O) groups excluding carboxylic acids is 1. The second-order valence-corrected chi connectivity index (χ2v) is 8.01. The number of nitrogens with zero attached hydrogens (tertiary/aromatic N) is 2. The zero-order valence-electron chi connectivity index (χ0n) is 16.0. The predicted molar refractivity (Wildman–Crippen MR) is 102 cm³/mol. The first-order chi connectivity index (χ1) is 13.4. The third-order valence-corrected chi connectivity index (χ3v) is 5.83. The Morgan fingerprint density at radius 1 is 1.21 bits per heavy atom. The van der Waals surface area contributed by atoms with Gasteiger partial charge in [-0.2, -0.15) is 5.10 Å². The summed E-state index contributed by atoms with van der Waals surface area (Å²) < 4.78 is 27.4. The van der Waals surface area contributed by atoms with E-state index in [9.17, 15) is 13.6 Å². The van der Waals surface area contributed by atoms with Crippen molar-refractivity contribution in [2.45, 2.75) is 52.0 Å². The molecule has 6 nitrogen and oxygen atoms in total. The molecule has 0 aliphatic heterocycles.